The van der Waals surface area contributed by atoms with Gasteiger partial charge < -0.3 is 5.32 Å². The quantitative estimate of drug-likeness (QED) is 0.864. The third-order valence-electron chi connectivity index (χ3n) is 6.00. The molecule has 4 bridgehead atoms. The molecule has 4 saturated carbocycles. The van der Waals surface area contributed by atoms with Crippen LogP contribution in [0.4, 0.5) is 0 Å². The molecule has 5 rings (SSSR count). The lowest BCUT2D eigenvalue weighted by Crippen LogP contribution is -2.63. The molecule has 4 aliphatic rings. The van der Waals surface area contributed by atoms with Gasteiger partial charge in [-0.15, -0.1) is 0 Å². The topological polar surface area (TPSA) is 12.0 Å². The Morgan fingerprint density at radius 1 is 1.05 bits per heavy atom. The molecule has 1 aromatic carbocycles. The normalized spacial score (nSPS) is 43.6. The highest BCUT2D eigenvalue weighted by atomic mass is 15.0. The van der Waals surface area contributed by atoms with E-state index >= 15 is 0 Å². The standard InChI is InChI=1S/C18H25N/c1-2-19-18-11-14-8-15(12-18)10-17(9-14,13-18)16-6-4-3-5-7-16/h3-7,14-15,19H,2,8-13H2,1H3. The van der Waals surface area contributed by atoms with Crippen molar-refractivity contribution < 1.29 is 0 Å². The Balaban J connectivity index is 1.74. The van der Waals surface area contributed by atoms with E-state index in [-0.39, 0.29) is 0 Å². The van der Waals surface area contributed by atoms with E-state index in [9.17, 15) is 0 Å². The molecule has 102 valence electrons. The van der Waals surface area contributed by atoms with E-state index in [2.05, 4.69) is 42.6 Å². The Morgan fingerprint density at radius 3 is 2.37 bits per heavy atom. The first-order valence-corrected chi connectivity index (χ1v) is 8.04. The molecule has 4 fully saturated rings. The first-order valence-electron chi connectivity index (χ1n) is 8.04. The molecule has 0 aliphatic heterocycles. The van der Waals surface area contributed by atoms with Crippen molar-refractivity contribution in [1.82, 2.24) is 5.32 Å². The largest absolute Gasteiger partial charge is 0.311 e. The summed E-state index contributed by atoms with van der Waals surface area (Å²) in [6.45, 7) is 3.40. The summed E-state index contributed by atoms with van der Waals surface area (Å²) in [7, 11) is 0. The molecule has 1 N–H and O–H groups in total. The van der Waals surface area contributed by atoms with Crippen LogP contribution in [0.3, 0.4) is 0 Å². The Morgan fingerprint density at radius 2 is 1.74 bits per heavy atom. The van der Waals surface area contributed by atoms with Crippen molar-refractivity contribution >= 4 is 0 Å². The van der Waals surface area contributed by atoms with Gasteiger partial charge in [-0.3, -0.25) is 0 Å². The summed E-state index contributed by atoms with van der Waals surface area (Å²) >= 11 is 0. The van der Waals surface area contributed by atoms with Gasteiger partial charge >= 0.3 is 0 Å². The molecule has 0 spiro atoms. The van der Waals surface area contributed by atoms with Crippen LogP contribution in [0.1, 0.15) is 51.0 Å². The maximum absolute atomic E-state index is 3.88. The zero-order valence-corrected chi connectivity index (χ0v) is 12.0. The van der Waals surface area contributed by atoms with Crippen LogP contribution in [0, 0.1) is 11.8 Å². The number of hydrogen-bond donors (Lipinski definition) is 1. The van der Waals surface area contributed by atoms with Crippen LogP contribution in [0.15, 0.2) is 30.3 Å². The Kier molecular flexibility index (Phi) is 2.57. The number of nitrogens with one attached hydrogen (secondary N) is 1. The van der Waals surface area contributed by atoms with Crippen molar-refractivity contribution in [2.24, 2.45) is 11.8 Å². The van der Waals surface area contributed by atoms with Gasteiger partial charge in [0.1, 0.15) is 0 Å². The second kappa shape index (κ2) is 4.09. The van der Waals surface area contributed by atoms with E-state index < -0.39 is 0 Å². The van der Waals surface area contributed by atoms with Gasteiger partial charge in [-0.2, -0.15) is 0 Å². The first-order chi connectivity index (χ1) is 9.24. The van der Waals surface area contributed by atoms with Crippen LogP contribution in [0.2, 0.25) is 0 Å². The summed E-state index contributed by atoms with van der Waals surface area (Å²) in [5.74, 6) is 1.95. The van der Waals surface area contributed by atoms with Crippen molar-refractivity contribution in [2.45, 2.75) is 56.4 Å². The molecular weight excluding hydrogens is 230 g/mol. The van der Waals surface area contributed by atoms with E-state index in [4.69, 9.17) is 0 Å². The second-order valence-corrected chi connectivity index (χ2v) is 7.42. The minimum absolute atomic E-state index is 0.467. The van der Waals surface area contributed by atoms with Gasteiger partial charge in [0.05, 0.1) is 0 Å². The molecule has 2 unspecified atom stereocenters. The van der Waals surface area contributed by atoms with Crippen molar-refractivity contribution in [3.63, 3.8) is 0 Å². The van der Waals surface area contributed by atoms with Crippen molar-refractivity contribution in [3.05, 3.63) is 35.9 Å². The number of benzene rings is 1. The maximum atomic E-state index is 3.88. The van der Waals surface area contributed by atoms with E-state index in [1.165, 1.54) is 38.5 Å². The molecule has 0 aromatic heterocycles. The molecule has 1 nitrogen and oxygen atoms in total. The third-order valence-corrected chi connectivity index (χ3v) is 6.00. The van der Waals surface area contributed by atoms with Gasteiger partial charge in [0, 0.05) is 5.54 Å². The van der Waals surface area contributed by atoms with Crippen LogP contribution in [-0.4, -0.2) is 12.1 Å². The monoisotopic (exact) mass is 255 g/mol. The predicted octanol–water partition coefficient (Wildman–Crippen LogP) is 3.89. The Hall–Kier alpha value is -0.820. The molecule has 0 heterocycles. The van der Waals surface area contributed by atoms with E-state index in [1.807, 2.05) is 0 Å². The minimum atomic E-state index is 0.467. The van der Waals surface area contributed by atoms with Crippen LogP contribution < -0.4 is 5.32 Å². The lowest BCUT2D eigenvalue weighted by molar-refractivity contribution is -0.0398. The van der Waals surface area contributed by atoms with Crippen LogP contribution in [0.5, 0.6) is 0 Å². The van der Waals surface area contributed by atoms with Gasteiger partial charge in [-0.05, 0) is 67.9 Å². The molecule has 0 saturated heterocycles. The second-order valence-electron chi connectivity index (χ2n) is 7.42. The van der Waals surface area contributed by atoms with E-state index in [1.54, 1.807) is 5.56 Å². The van der Waals surface area contributed by atoms with Gasteiger partial charge in [0.2, 0.25) is 0 Å². The van der Waals surface area contributed by atoms with E-state index in [0.717, 1.165) is 18.4 Å². The molecular formula is C18H25N. The molecule has 1 heteroatoms. The Labute approximate surface area is 116 Å². The average Bonchev–Trinajstić information content (AvgIpc) is 2.38. The molecule has 19 heavy (non-hydrogen) atoms. The van der Waals surface area contributed by atoms with Gasteiger partial charge in [0.25, 0.3) is 0 Å². The third kappa shape index (κ3) is 1.78. The molecule has 2 atom stereocenters. The molecule has 4 aliphatic carbocycles. The lowest BCUT2D eigenvalue weighted by atomic mass is 9.45. The fourth-order valence-corrected chi connectivity index (χ4v) is 5.97. The SMILES string of the molecule is CCNC12CC3CC(C1)CC(c1ccccc1)(C3)C2. The summed E-state index contributed by atoms with van der Waals surface area (Å²) in [5.41, 5.74) is 2.58. The van der Waals surface area contributed by atoms with Crippen LogP contribution in [0.25, 0.3) is 0 Å². The van der Waals surface area contributed by atoms with Gasteiger partial charge in [0.15, 0.2) is 0 Å². The lowest BCUT2D eigenvalue weighted by Gasteiger charge is -2.62. The molecule has 0 amide bonds. The maximum Gasteiger partial charge on any atom is 0.0195 e. The fourth-order valence-electron chi connectivity index (χ4n) is 5.97. The highest BCUT2D eigenvalue weighted by Gasteiger charge is 2.57. The highest BCUT2D eigenvalue weighted by Crippen LogP contribution is 2.62. The van der Waals surface area contributed by atoms with Gasteiger partial charge in [-0.25, -0.2) is 0 Å². The molecule has 1 aromatic rings. The summed E-state index contributed by atoms with van der Waals surface area (Å²) < 4.78 is 0. The average molecular weight is 255 g/mol. The van der Waals surface area contributed by atoms with Gasteiger partial charge in [-0.1, -0.05) is 37.3 Å². The zero-order chi connectivity index (χ0) is 12.9. The summed E-state index contributed by atoms with van der Waals surface area (Å²) in [4.78, 5) is 0. The molecule has 0 radical (unpaired) electrons. The van der Waals surface area contributed by atoms with E-state index in [0.29, 0.717) is 11.0 Å². The predicted molar refractivity (Wildman–Crippen MR) is 79.2 cm³/mol. The number of rotatable bonds is 3. The fraction of sp³-hybridized carbons (Fsp3) is 0.667. The minimum Gasteiger partial charge on any atom is -0.311 e. The van der Waals surface area contributed by atoms with Crippen LogP contribution >= 0.6 is 0 Å². The van der Waals surface area contributed by atoms with Crippen LogP contribution in [-0.2, 0) is 5.41 Å². The summed E-state index contributed by atoms with van der Waals surface area (Å²) in [6.07, 6.45) is 8.64. The summed E-state index contributed by atoms with van der Waals surface area (Å²) in [6, 6.07) is 11.4. The first kappa shape index (κ1) is 12.0. The highest BCUT2D eigenvalue weighted by molar-refractivity contribution is 5.31. The number of hydrogen-bond acceptors (Lipinski definition) is 1. The smallest absolute Gasteiger partial charge is 0.0195 e. The van der Waals surface area contributed by atoms with Crippen molar-refractivity contribution in [1.29, 1.82) is 0 Å². The Bertz CT molecular complexity index is 450. The van der Waals surface area contributed by atoms with Crippen molar-refractivity contribution in [2.75, 3.05) is 6.54 Å². The summed E-state index contributed by atoms with van der Waals surface area (Å²) in [5, 5.41) is 3.88. The van der Waals surface area contributed by atoms with Crippen molar-refractivity contribution in [3.8, 4) is 0 Å². The zero-order valence-electron chi connectivity index (χ0n) is 12.0.